The Balaban J connectivity index is 1.84. The van der Waals surface area contributed by atoms with Gasteiger partial charge in [-0.05, 0) is 49.9 Å². The Morgan fingerprint density at radius 3 is 2.30 bits per heavy atom. The molecule has 112 valence electrons. The van der Waals surface area contributed by atoms with E-state index in [-0.39, 0.29) is 11.8 Å². The third kappa shape index (κ3) is 2.13. The van der Waals surface area contributed by atoms with Crippen molar-refractivity contribution in [3.05, 3.63) is 0 Å². The molecule has 2 N–H and O–H groups in total. The van der Waals surface area contributed by atoms with Crippen LogP contribution in [0.15, 0.2) is 0 Å². The first-order valence-electron chi connectivity index (χ1n) is 7.99. The van der Waals surface area contributed by atoms with E-state index in [1.54, 1.807) is 0 Å². The average molecular weight is 280 g/mol. The fraction of sp³-hybridized carbons (Fsp3) is 0.875. The third-order valence-corrected chi connectivity index (χ3v) is 6.34. The van der Waals surface area contributed by atoms with E-state index in [1.807, 2.05) is 0 Å². The second-order valence-corrected chi connectivity index (χ2v) is 7.21. The first-order chi connectivity index (χ1) is 9.53. The molecule has 0 saturated heterocycles. The molecule has 0 bridgehead atoms. The van der Waals surface area contributed by atoms with E-state index in [1.165, 1.54) is 25.7 Å². The van der Waals surface area contributed by atoms with E-state index in [9.17, 15) is 19.8 Å². The van der Waals surface area contributed by atoms with Crippen LogP contribution in [0.3, 0.4) is 0 Å². The summed E-state index contributed by atoms with van der Waals surface area (Å²) >= 11 is 0. The quantitative estimate of drug-likeness (QED) is 0.814. The molecule has 0 amide bonds. The molecule has 20 heavy (non-hydrogen) atoms. The van der Waals surface area contributed by atoms with Crippen LogP contribution in [0.5, 0.6) is 0 Å². The second-order valence-electron chi connectivity index (χ2n) is 7.21. The van der Waals surface area contributed by atoms with Gasteiger partial charge in [0.1, 0.15) is 0 Å². The van der Waals surface area contributed by atoms with Crippen LogP contribution in [0, 0.1) is 29.1 Å². The van der Waals surface area contributed by atoms with Crippen molar-refractivity contribution in [3.63, 3.8) is 0 Å². The van der Waals surface area contributed by atoms with Crippen LogP contribution in [-0.4, -0.2) is 22.2 Å². The van der Waals surface area contributed by atoms with Gasteiger partial charge in [-0.1, -0.05) is 25.7 Å². The van der Waals surface area contributed by atoms with Gasteiger partial charge in [0, 0.05) is 0 Å². The maximum absolute atomic E-state index is 11.9. The maximum Gasteiger partial charge on any atom is 0.309 e. The number of hydrogen-bond acceptors (Lipinski definition) is 2. The van der Waals surface area contributed by atoms with Crippen LogP contribution < -0.4 is 0 Å². The van der Waals surface area contributed by atoms with Crippen LogP contribution in [0.25, 0.3) is 0 Å². The van der Waals surface area contributed by atoms with Crippen molar-refractivity contribution >= 4 is 11.9 Å². The lowest BCUT2D eigenvalue weighted by atomic mass is 9.51. The van der Waals surface area contributed by atoms with E-state index in [0.717, 1.165) is 12.8 Å². The monoisotopic (exact) mass is 280 g/mol. The molecular weight excluding hydrogens is 256 g/mol. The van der Waals surface area contributed by atoms with E-state index in [4.69, 9.17) is 0 Å². The molecule has 3 saturated carbocycles. The molecule has 3 fully saturated rings. The Morgan fingerprint density at radius 1 is 0.950 bits per heavy atom. The first kappa shape index (κ1) is 13.9. The summed E-state index contributed by atoms with van der Waals surface area (Å²) in [7, 11) is 0. The molecule has 3 aliphatic rings. The lowest BCUT2D eigenvalue weighted by molar-refractivity contribution is -0.168. The van der Waals surface area contributed by atoms with Crippen molar-refractivity contribution in [2.24, 2.45) is 29.1 Å². The summed E-state index contributed by atoms with van der Waals surface area (Å²) in [5, 5.41) is 19.0. The normalized spacial score (nSPS) is 44.2. The average Bonchev–Trinajstić information content (AvgIpc) is 2.43. The van der Waals surface area contributed by atoms with Crippen molar-refractivity contribution in [3.8, 4) is 0 Å². The topological polar surface area (TPSA) is 74.6 Å². The smallest absolute Gasteiger partial charge is 0.309 e. The van der Waals surface area contributed by atoms with Gasteiger partial charge in [-0.15, -0.1) is 0 Å². The van der Waals surface area contributed by atoms with Crippen LogP contribution in [0.1, 0.15) is 57.8 Å². The van der Waals surface area contributed by atoms with Gasteiger partial charge in [-0.2, -0.15) is 0 Å². The van der Waals surface area contributed by atoms with Gasteiger partial charge in [0.15, 0.2) is 0 Å². The Kier molecular flexibility index (Phi) is 3.51. The van der Waals surface area contributed by atoms with Crippen molar-refractivity contribution in [1.82, 2.24) is 0 Å². The molecule has 0 aromatic heterocycles. The van der Waals surface area contributed by atoms with Gasteiger partial charge in [0.2, 0.25) is 0 Å². The Hall–Kier alpha value is -1.06. The number of carboxylic acids is 2. The predicted molar refractivity (Wildman–Crippen MR) is 73.2 cm³/mol. The van der Waals surface area contributed by atoms with Gasteiger partial charge in [0.05, 0.1) is 11.3 Å². The highest BCUT2D eigenvalue weighted by molar-refractivity contribution is 5.77. The fourth-order valence-corrected chi connectivity index (χ4v) is 5.20. The van der Waals surface area contributed by atoms with Gasteiger partial charge in [0.25, 0.3) is 0 Å². The molecule has 0 aromatic rings. The largest absolute Gasteiger partial charge is 0.481 e. The van der Waals surface area contributed by atoms with Gasteiger partial charge in [-0.25, -0.2) is 0 Å². The number of carbonyl (C=O) groups is 2. The summed E-state index contributed by atoms with van der Waals surface area (Å²) in [4.78, 5) is 23.2. The Bertz CT molecular complexity index is 419. The minimum atomic E-state index is -0.741. The molecule has 4 heteroatoms. The standard InChI is InChI=1S/C16H24O4/c17-14(18)11-5-6-16(15(19)20)9-12-4-2-1-3-10(12)7-13(16)8-11/h10-13H,1-9H2,(H,17,18)(H,19,20). The zero-order chi connectivity index (χ0) is 14.3. The fourth-order valence-electron chi connectivity index (χ4n) is 5.20. The van der Waals surface area contributed by atoms with Gasteiger partial charge >= 0.3 is 11.9 Å². The number of carboxylic acid groups (broad SMARTS) is 2. The van der Waals surface area contributed by atoms with Gasteiger partial charge < -0.3 is 10.2 Å². The summed E-state index contributed by atoms with van der Waals surface area (Å²) in [6.45, 7) is 0. The minimum absolute atomic E-state index is 0.0780. The summed E-state index contributed by atoms with van der Waals surface area (Å²) in [5.74, 6) is -0.446. The van der Waals surface area contributed by atoms with Crippen molar-refractivity contribution < 1.29 is 19.8 Å². The van der Waals surface area contributed by atoms with Crippen LogP contribution in [-0.2, 0) is 9.59 Å². The Morgan fingerprint density at radius 2 is 1.65 bits per heavy atom. The third-order valence-electron chi connectivity index (χ3n) is 6.34. The molecule has 0 radical (unpaired) electrons. The highest BCUT2D eigenvalue weighted by Crippen LogP contribution is 2.57. The van der Waals surface area contributed by atoms with Crippen LogP contribution >= 0.6 is 0 Å². The number of hydrogen-bond donors (Lipinski definition) is 2. The van der Waals surface area contributed by atoms with Crippen LogP contribution in [0.4, 0.5) is 0 Å². The predicted octanol–water partition coefficient (Wildman–Crippen LogP) is 3.16. The molecular formula is C16H24O4. The molecule has 4 nitrogen and oxygen atoms in total. The number of aliphatic carboxylic acids is 2. The number of rotatable bonds is 2. The van der Waals surface area contributed by atoms with Crippen molar-refractivity contribution in [2.45, 2.75) is 57.8 Å². The van der Waals surface area contributed by atoms with Crippen molar-refractivity contribution in [2.75, 3.05) is 0 Å². The molecule has 3 aliphatic carbocycles. The summed E-state index contributed by atoms with van der Waals surface area (Å²) in [6.07, 6.45) is 8.30. The molecule has 0 heterocycles. The zero-order valence-corrected chi connectivity index (χ0v) is 11.9. The maximum atomic E-state index is 11.9. The molecule has 3 rings (SSSR count). The molecule has 0 aliphatic heterocycles. The second kappa shape index (κ2) is 5.05. The first-order valence-corrected chi connectivity index (χ1v) is 7.99. The van der Waals surface area contributed by atoms with E-state index in [0.29, 0.717) is 31.1 Å². The van der Waals surface area contributed by atoms with E-state index in [2.05, 4.69) is 0 Å². The highest BCUT2D eigenvalue weighted by Gasteiger charge is 2.55. The Labute approximate surface area is 119 Å². The zero-order valence-electron chi connectivity index (χ0n) is 11.9. The summed E-state index contributed by atoms with van der Waals surface area (Å²) in [6, 6.07) is 0. The molecule has 0 spiro atoms. The summed E-state index contributed by atoms with van der Waals surface area (Å²) < 4.78 is 0. The number of fused-ring (bicyclic) bond motifs is 2. The van der Waals surface area contributed by atoms with E-state index >= 15 is 0 Å². The van der Waals surface area contributed by atoms with Gasteiger partial charge in [-0.3, -0.25) is 9.59 Å². The molecule has 5 atom stereocenters. The minimum Gasteiger partial charge on any atom is -0.481 e. The van der Waals surface area contributed by atoms with Crippen LogP contribution in [0.2, 0.25) is 0 Å². The van der Waals surface area contributed by atoms with E-state index < -0.39 is 17.4 Å². The molecule has 0 aromatic carbocycles. The highest BCUT2D eigenvalue weighted by atomic mass is 16.4. The SMILES string of the molecule is O=C(O)C1CCC2(C(=O)O)CC3CCCCC3CC2C1. The lowest BCUT2D eigenvalue weighted by Crippen LogP contribution is -2.50. The van der Waals surface area contributed by atoms with Crippen molar-refractivity contribution in [1.29, 1.82) is 0 Å². The summed E-state index contributed by atoms with van der Waals surface area (Å²) in [5.41, 5.74) is -0.621. The lowest BCUT2D eigenvalue weighted by Gasteiger charge is -2.52. The molecule has 5 unspecified atom stereocenters.